The summed E-state index contributed by atoms with van der Waals surface area (Å²) in [6.45, 7) is 0.727. The lowest BCUT2D eigenvalue weighted by atomic mass is 10.3. The first-order chi connectivity index (χ1) is 9.10. The maximum atomic E-state index is 6.06. The number of halogens is 3. The van der Waals surface area contributed by atoms with Gasteiger partial charge in [0.05, 0.1) is 13.8 Å². The number of nitrogens with one attached hydrogen (secondary N) is 2. The Balaban J connectivity index is 1.99. The maximum Gasteiger partial charge on any atom is 0.161 e. The molecular formula is C11H11BrCl2N4S. The van der Waals surface area contributed by atoms with Crippen LogP contribution >= 0.6 is 50.5 Å². The summed E-state index contributed by atoms with van der Waals surface area (Å²) in [5.41, 5.74) is 2.43. The van der Waals surface area contributed by atoms with Crippen molar-refractivity contribution in [1.29, 1.82) is 0 Å². The molecule has 102 valence electrons. The molecule has 2 aromatic heterocycles. The molecule has 0 fully saturated rings. The minimum Gasteiger partial charge on any atom is -0.368 e. The molecule has 0 aliphatic carbocycles. The van der Waals surface area contributed by atoms with Crippen molar-refractivity contribution in [2.24, 2.45) is 5.84 Å². The summed E-state index contributed by atoms with van der Waals surface area (Å²) in [7, 11) is 0. The molecule has 8 heteroatoms. The number of nitrogens with zero attached hydrogens (tertiary/aromatic N) is 1. The van der Waals surface area contributed by atoms with E-state index >= 15 is 0 Å². The third kappa shape index (κ3) is 3.97. The molecule has 2 heterocycles. The Kier molecular flexibility index (Phi) is 5.29. The van der Waals surface area contributed by atoms with Crippen LogP contribution in [0.4, 0.5) is 11.6 Å². The lowest BCUT2D eigenvalue weighted by molar-refractivity contribution is 1.03. The number of hydrazine groups is 1. The second-order valence-electron chi connectivity index (χ2n) is 3.68. The summed E-state index contributed by atoms with van der Waals surface area (Å²) in [6.07, 6.45) is 0.891. The highest BCUT2D eigenvalue weighted by atomic mass is 79.9. The van der Waals surface area contributed by atoms with Gasteiger partial charge in [-0.2, -0.15) is 0 Å². The first-order valence-electron chi connectivity index (χ1n) is 5.41. The van der Waals surface area contributed by atoms with E-state index in [-0.39, 0.29) is 0 Å². The van der Waals surface area contributed by atoms with E-state index < -0.39 is 0 Å². The molecule has 2 aromatic rings. The highest BCUT2D eigenvalue weighted by Gasteiger charge is 2.08. The van der Waals surface area contributed by atoms with Gasteiger partial charge in [-0.25, -0.2) is 10.8 Å². The van der Waals surface area contributed by atoms with Crippen molar-refractivity contribution in [2.45, 2.75) is 6.42 Å². The van der Waals surface area contributed by atoms with Crippen LogP contribution in [0.3, 0.4) is 0 Å². The summed E-state index contributed by atoms with van der Waals surface area (Å²) in [5.74, 6) is 6.28. The molecule has 0 amide bonds. The van der Waals surface area contributed by atoms with E-state index in [1.54, 1.807) is 17.4 Å². The number of thiophene rings is 1. The van der Waals surface area contributed by atoms with Crippen molar-refractivity contribution in [1.82, 2.24) is 4.98 Å². The van der Waals surface area contributed by atoms with Crippen molar-refractivity contribution < 1.29 is 0 Å². The summed E-state index contributed by atoms with van der Waals surface area (Å²) in [4.78, 5) is 5.49. The van der Waals surface area contributed by atoms with Gasteiger partial charge in [-0.15, -0.1) is 11.3 Å². The Hall–Kier alpha value is -0.530. The largest absolute Gasteiger partial charge is 0.368 e. The zero-order valence-electron chi connectivity index (χ0n) is 9.71. The van der Waals surface area contributed by atoms with Crippen molar-refractivity contribution in [3.63, 3.8) is 0 Å². The first-order valence-corrected chi connectivity index (χ1v) is 7.77. The average molecular weight is 382 g/mol. The number of hydrogen-bond donors (Lipinski definition) is 3. The minimum absolute atomic E-state index is 0.389. The van der Waals surface area contributed by atoms with E-state index in [2.05, 4.69) is 37.7 Å². The summed E-state index contributed by atoms with van der Waals surface area (Å²) >= 11 is 17.1. The van der Waals surface area contributed by atoms with Crippen LogP contribution in [0.1, 0.15) is 4.88 Å². The van der Waals surface area contributed by atoms with E-state index in [1.807, 2.05) is 6.07 Å². The number of nitrogens with two attached hydrogens (primary N) is 1. The molecule has 19 heavy (non-hydrogen) atoms. The third-order valence-electron chi connectivity index (χ3n) is 2.36. The van der Waals surface area contributed by atoms with Gasteiger partial charge in [0.2, 0.25) is 0 Å². The molecule has 0 aliphatic rings. The van der Waals surface area contributed by atoms with Gasteiger partial charge in [0.15, 0.2) is 5.82 Å². The van der Waals surface area contributed by atoms with Crippen molar-refractivity contribution >= 4 is 62.1 Å². The molecule has 4 N–H and O–H groups in total. The quantitative estimate of drug-likeness (QED) is 0.537. The van der Waals surface area contributed by atoms with Crippen LogP contribution in [0.15, 0.2) is 22.0 Å². The lowest BCUT2D eigenvalue weighted by Crippen LogP contribution is -2.12. The Labute approximate surface area is 133 Å². The van der Waals surface area contributed by atoms with E-state index in [0.29, 0.717) is 21.7 Å². The van der Waals surface area contributed by atoms with Crippen molar-refractivity contribution in [3.05, 3.63) is 36.9 Å². The second kappa shape index (κ2) is 6.76. The molecule has 0 atom stereocenters. The minimum atomic E-state index is 0.389. The molecule has 0 spiro atoms. The van der Waals surface area contributed by atoms with Gasteiger partial charge in [-0.1, -0.05) is 23.2 Å². The smallest absolute Gasteiger partial charge is 0.161 e. The van der Waals surface area contributed by atoms with Crippen LogP contribution in [0.2, 0.25) is 10.0 Å². The molecule has 0 radical (unpaired) electrons. The molecule has 0 bridgehead atoms. The third-order valence-corrected chi connectivity index (χ3v) is 4.62. The maximum absolute atomic E-state index is 6.06. The Bertz CT molecular complexity index is 576. The fourth-order valence-corrected chi connectivity index (χ4v) is 3.44. The van der Waals surface area contributed by atoms with Crippen LogP contribution in [0.5, 0.6) is 0 Å². The summed E-state index contributed by atoms with van der Waals surface area (Å²) < 4.78 is 1.12. The van der Waals surface area contributed by atoms with Gasteiger partial charge >= 0.3 is 0 Å². The van der Waals surface area contributed by atoms with Crippen molar-refractivity contribution in [2.75, 3.05) is 17.3 Å². The number of pyridine rings is 1. The predicted molar refractivity (Wildman–Crippen MR) is 86.3 cm³/mol. The Morgan fingerprint density at radius 3 is 2.63 bits per heavy atom. The molecular weight excluding hydrogens is 371 g/mol. The zero-order chi connectivity index (χ0) is 13.8. The molecule has 0 aliphatic heterocycles. The van der Waals surface area contributed by atoms with Gasteiger partial charge in [0.1, 0.15) is 5.82 Å². The zero-order valence-corrected chi connectivity index (χ0v) is 13.6. The number of nitrogen functional groups attached to an aromatic ring is 1. The monoisotopic (exact) mass is 380 g/mol. The van der Waals surface area contributed by atoms with Gasteiger partial charge in [0.25, 0.3) is 0 Å². The first kappa shape index (κ1) is 14.9. The molecule has 4 nitrogen and oxygen atoms in total. The number of anilines is 2. The highest BCUT2D eigenvalue weighted by molar-refractivity contribution is 9.11. The van der Waals surface area contributed by atoms with E-state index in [4.69, 9.17) is 29.0 Å². The summed E-state index contributed by atoms with van der Waals surface area (Å²) in [6, 6.07) is 5.72. The second-order valence-corrected chi connectivity index (χ2v) is 7.04. The normalized spacial score (nSPS) is 10.5. The molecule has 0 saturated heterocycles. The Morgan fingerprint density at radius 1 is 1.26 bits per heavy atom. The van der Waals surface area contributed by atoms with Gasteiger partial charge < -0.3 is 10.7 Å². The number of hydrogen-bond acceptors (Lipinski definition) is 5. The highest BCUT2D eigenvalue weighted by Crippen LogP contribution is 2.29. The summed E-state index contributed by atoms with van der Waals surface area (Å²) in [5, 5.41) is 4.02. The SMILES string of the molecule is NNc1nc(NCCc2ccc(Br)s2)c(Cl)cc1Cl. The van der Waals surface area contributed by atoms with E-state index in [0.717, 1.165) is 16.8 Å². The van der Waals surface area contributed by atoms with Crippen LogP contribution in [0.25, 0.3) is 0 Å². The average Bonchev–Trinajstić information content (AvgIpc) is 2.78. The molecule has 0 aromatic carbocycles. The van der Waals surface area contributed by atoms with Gasteiger partial charge in [-0.05, 0) is 40.5 Å². The van der Waals surface area contributed by atoms with Crippen LogP contribution in [-0.4, -0.2) is 11.5 Å². The van der Waals surface area contributed by atoms with E-state index in [1.165, 1.54) is 4.88 Å². The molecule has 0 saturated carbocycles. The molecule has 0 unspecified atom stereocenters. The van der Waals surface area contributed by atoms with Gasteiger partial charge in [0, 0.05) is 11.4 Å². The fourth-order valence-electron chi connectivity index (χ4n) is 1.48. The van der Waals surface area contributed by atoms with E-state index in [9.17, 15) is 0 Å². The lowest BCUT2D eigenvalue weighted by Gasteiger charge is -2.10. The topological polar surface area (TPSA) is 63.0 Å². The Morgan fingerprint density at radius 2 is 2.00 bits per heavy atom. The van der Waals surface area contributed by atoms with Crippen LogP contribution in [0, 0.1) is 0 Å². The number of aromatic nitrogens is 1. The fraction of sp³-hybridized carbons (Fsp3) is 0.182. The predicted octanol–water partition coefficient (Wildman–Crippen LogP) is 4.15. The van der Waals surface area contributed by atoms with Gasteiger partial charge in [-0.3, -0.25) is 0 Å². The molecule has 2 rings (SSSR count). The van der Waals surface area contributed by atoms with Crippen LogP contribution < -0.4 is 16.6 Å². The number of rotatable bonds is 5. The van der Waals surface area contributed by atoms with Crippen molar-refractivity contribution in [3.8, 4) is 0 Å². The standard InChI is InChI=1S/C11H11BrCl2N4S/c12-9-2-1-6(19-9)3-4-16-10-7(13)5-8(14)11(17-10)18-15/h1-2,5H,3-4,15H2,(H2,16,17,18). The van der Waals surface area contributed by atoms with Crippen LogP contribution in [-0.2, 0) is 6.42 Å².